The predicted molar refractivity (Wildman–Crippen MR) is 127 cm³/mol. The van der Waals surface area contributed by atoms with Crippen molar-refractivity contribution >= 4 is 21.6 Å². The molecule has 1 unspecified atom stereocenters. The summed E-state index contributed by atoms with van der Waals surface area (Å²) in [5.41, 5.74) is 3.74. The Kier molecular flexibility index (Phi) is 6.51. The number of aromatic nitrogens is 4. The number of likely N-dealkylation sites (tertiary alicyclic amines) is 1. The van der Waals surface area contributed by atoms with Crippen LogP contribution in [0.3, 0.4) is 0 Å². The number of piperidine rings is 1. The zero-order valence-electron chi connectivity index (χ0n) is 18.2. The van der Waals surface area contributed by atoms with E-state index in [0.717, 1.165) is 22.3 Å². The second kappa shape index (κ2) is 10.0. The van der Waals surface area contributed by atoms with Crippen molar-refractivity contribution < 1.29 is 4.74 Å². The molecule has 0 N–H and O–H groups in total. The number of benzene rings is 1. The molecule has 8 heteroatoms. The Labute approximate surface area is 196 Å². The molecule has 0 saturated carbocycles. The molecular weight excluding hydrogens is 432 g/mol. The molecule has 3 aromatic heterocycles. The molecule has 7 nitrogen and oxygen atoms in total. The fourth-order valence-electron chi connectivity index (χ4n) is 4.02. The lowest BCUT2D eigenvalue weighted by Crippen LogP contribution is -2.29. The van der Waals surface area contributed by atoms with Gasteiger partial charge >= 0.3 is 6.01 Å². The predicted octanol–water partition coefficient (Wildman–Crippen LogP) is 4.70. The van der Waals surface area contributed by atoms with Gasteiger partial charge in [0.25, 0.3) is 0 Å². The third-order valence-corrected chi connectivity index (χ3v) is 6.88. The van der Waals surface area contributed by atoms with E-state index in [-0.39, 0.29) is 6.01 Å². The van der Waals surface area contributed by atoms with Crippen LogP contribution in [-0.4, -0.2) is 37.9 Å². The van der Waals surface area contributed by atoms with Gasteiger partial charge in [0.2, 0.25) is 0 Å². The average Bonchev–Trinajstić information content (AvgIpc) is 3.29. The summed E-state index contributed by atoms with van der Waals surface area (Å²) in [6, 6.07) is 14.7. The normalized spacial score (nSPS) is 15.2. The minimum atomic E-state index is -0.582. The number of fused-ring (bicyclic) bond motifs is 1. The minimum absolute atomic E-state index is 0.257. The van der Waals surface area contributed by atoms with Crippen molar-refractivity contribution in [1.82, 2.24) is 24.8 Å². The fraction of sp³-hybridized carbons (Fsp3) is 0.320. The van der Waals surface area contributed by atoms with Gasteiger partial charge in [-0.05, 0) is 49.2 Å². The highest BCUT2D eigenvalue weighted by atomic mass is 32.1. The second-order valence-corrected chi connectivity index (χ2v) is 9.23. The Morgan fingerprint density at radius 1 is 1.00 bits per heavy atom. The van der Waals surface area contributed by atoms with Crippen LogP contribution in [0.25, 0.3) is 10.2 Å². The van der Waals surface area contributed by atoms with Crippen LogP contribution in [0.15, 0.2) is 55.0 Å². The third kappa shape index (κ3) is 5.16. The number of hydrogen-bond donors (Lipinski definition) is 0. The van der Waals surface area contributed by atoms with E-state index in [1.807, 2.05) is 6.07 Å². The Bertz CT molecular complexity index is 1230. The van der Waals surface area contributed by atoms with Crippen molar-refractivity contribution in [1.29, 1.82) is 5.26 Å². The van der Waals surface area contributed by atoms with Gasteiger partial charge in [0.15, 0.2) is 0 Å². The van der Waals surface area contributed by atoms with E-state index < -0.39 is 5.92 Å². The van der Waals surface area contributed by atoms with Gasteiger partial charge in [0.05, 0.1) is 28.2 Å². The van der Waals surface area contributed by atoms with Gasteiger partial charge in [-0.1, -0.05) is 30.7 Å². The highest BCUT2D eigenvalue weighted by molar-refractivity contribution is 7.18. The summed E-state index contributed by atoms with van der Waals surface area (Å²) in [6.07, 6.45) is 9.00. The maximum absolute atomic E-state index is 9.80. The van der Waals surface area contributed by atoms with Gasteiger partial charge < -0.3 is 4.74 Å². The average molecular weight is 457 g/mol. The summed E-state index contributed by atoms with van der Waals surface area (Å²) in [5, 5.41) is 10.5. The van der Waals surface area contributed by atoms with Crippen LogP contribution in [0.5, 0.6) is 6.01 Å². The summed E-state index contributed by atoms with van der Waals surface area (Å²) in [7, 11) is 0. The van der Waals surface area contributed by atoms with E-state index in [1.54, 1.807) is 24.7 Å². The zero-order chi connectivity index (χ0) is 22.5. The van der Waals surface area contributed by atoms with Crippen molar-refractivity contribution in [3.05, 3.63) is 76.8 Å². The Hall–Kier alpha value is -3.41. The number of rotatable bonds is 7. The monoisotopic (exact) mass is 456 g/mol. The highest BCUT2D eigenvalue weighted by Gasteiger charge is 2.20. The molecule has 33 heavy (non-hydrogen) atoms. The summed E-state index contributed by atoms with van der Waals surface area (Å²) >= 11 is 1.48. The second-order valence-electron chi connectivity index (χ2n) is 8.16. The topological polar surface area (TPSA) is 87.8 Å². The van der Waals surface area contributed by atoms with Crippen LogP contribution >= 0.6 is 11.3 Å². The van der Waals surface area contributed by atoms with Gasteiger partial charge in [-0.2, -0.15) is 10.2 Å². The van der Waals surface area contributed by atoms with Crippen molar-refractivity contribution in [2.24, 2.45) is 0 Å². The lowest BCUT2D eigenvalue weighted by Gasteiger charge is -2.26. The van der Waals surface area contributed by atoms with Crippen molar-refractivity contribution in [3.63, 3.8) is 0 Å². The molecule has 0 spiro atoms. The summed E-state index contributed by atoms with van der Waals surface area (Å²) in [4.78, 5) is 19.9. The molecule has 1 fully saturated rings. The van der Waals surface area contributed by atoms with E-state index in [4.69, 9.17) is 4.74 Å². The first-order chi connectivity index (χ1) is 16.3. The van der Waals surface area contributed by atoms with Crippen molar-refractivity contribution in [2.75, 3.05) is 13.1 Å². The first-order valence-corrected chi connectivity index (χ1v) is 12.0. The van der Waals surface area contributed by atoms with E-state index in [9.17, 15) is 5.26 Å². The third-order valence-electron chi connectivity index (χ3n) is 5.78. The number of hydrogen-bond acceptors (Lipinski definition) is 8. The fourth-order valence-corrected chi connectivity index (χ4v) is 5.01. The molecule has 1 aliphatic rings. The van der Waals surface area contributed by atoms with Crippen LogP contribution in [0.2, 0.25) is 0 Å². The lowest BCUT2D eigenvalue weighted by atomic mass is 10.1. The van der Waals surface area contributed by atoms with Crippen LogP contribution in [0, 0.1) is 11.3 Å². The molecule has 0 radical (unpaired) electrons. The molecule has 0 amide bonds. The van der Waals surface area contributed by atoms with E-state index >= 15 is 0 Å². The van der Waals surface area contributed by atoms with Crippen LogP contribution < -0.4 is 4.74 Å². The lowest BCUT2D eigenvalue weighted by molar-refractivity contribution is 0.221. The first-order valence-electron chi connectivity index (χ1n) is 11.1. The maximum atomic E-state index is 9.80. The minimum Gasteiger partial charge on any atom is -0.459 e. The molecule has 1 aliphatic heterocycles. The number of thiazole rings is 1. The standard InChI is InChI=1S/C25H24N6OS/c26-14-20(24-29-22-15-27-10-9-23(22)33-24)21-8-11-28-25(30-21)32-17-19-6-4-18(5-7-19)16-31-12-2-1-3-13-31/h4-11,15,20H,1-3,12-13,16-17H2. The van der Waals surface area contributed by atoms with Crippen LogP contribution in [0.1, 0.15) is 47.0 Å². The Morgan fingerprint density at radius 2 is 1.82 bits per heavy atom. The van der Waals surface area contributed by atoms with Crippen LogP contribution in [-0.2, 0) is 13.2 Å². The van der Waals surface area contributed by atoms with Gasteiger partial charge in [0.1, 0.15) is 17.5 Å². The molecule has 1 saturated heterocycles. The zero-order valence-corrected chi connectivity index (χ0v) is 19.0. The first kappa shape index (κ1) is 21.4. The molecule has 0 bridgehead atoms. The van der Waals surface area contributed by atoms with Crippen molar-refractivity contribution in [3.8, 4) is 12.1 Å². The SMILES string of the molecule is N#CC(c1ccnc(OCc2ccc(CN3CCCCC3)cc2)n1)c1nc2cnccc2s1. The largest absolute Gasteiger partial charge is 0.459 e. The summed E-state index contributed by atoms with van der Waals surface area (Å²) in [5.74, 6) is -0.582. The van der Waals surface area contributed by atoms with E-state index in [2.05, 4.69) is 55.2 Å². The number of pyridine rings is 1. The highest BCUT2D eigenvalue weighted by Crippen LogP contribution is 2.30. The smallest absolute Gasteiger partial charge is 0.316 e. The molecule has 4 aromatic rings. The molecule has 0 aliphatic carbocycles. The number of ether oxygens (including phenoxy) is 1. The Balaban J connectivity index is 1.24. The Morgan fingerprint density at radius 3 is 2.61 bits per heavy atom. The van der Waals surface area contributed by atoms with Gasteiger partial charge in [-0.3, -0.25) is 9.88 Å². The number of nitrogens with zero attached hydrogens (tertiary/aromatic N) is 6. The summed E-state index contributed by atoms with van der Waals surface area (Å²) < 4.78 is 6.84. The summed E-state index contributed by atoms with van der Waals surface area (Å²) in [6.45, 7) is 3.76. The molecule has 5 rings (SSSR count). The van der Waals surface area contributed by atoms with E-state index in [1.165, 1.54) is 49.3 Å². The van der Waals surface area contributed by atoms with Crippen molar-refractivity contribution in [2.45, 2.75) is 38.3 Å². The maximum Gasteiger partial charge on any atom is 0.316 e. The molecule has 4 heterocycles. The molecule has 1 atom stereocenters. The van der Waals surface area contributed by atoms with E-state index in [0.29, 0.717) is 17.3 Å². The van der Waals surface area contributed by atoms with Gasteiger partial charge in [-0.25, -0.2) is 9.97 Å². The number of nitriles is 1. The molecule has 166 valence electrons. The van der Waals surface area contributed by atoms with Gasteiger partial charge in [-0.15, -0.1) is 11.3 Å². The molecule has 1 aromatic carbocycles. The quantitative estimate of drug-likeness (QED) is 0.398. The molecular formula is C25H24N6OS. The van der Waals surface area contributed by atoms with Crippen LogP contribution in [0.4, 0.5) is 0 Å². The van der Waals surface area contributed by atoms with Gasteiger partial charge in [0, 0.05) is 18.9 Å².